The number of halogens is 2. The molecule has 0 unspecified atom stereocenters. The number of aromatic nitrogens is 2. The first-order chi connectivity index (χ1) is 12.1. The molecule has 4 nitrogen and oxygen atoms in total. The number of hydrogen-bond donors (Lipinski definition) is 1. The zero-order valence-electron chi connectivity index (χ0n) is 13.2. The maximum Gasteiger partial charge on any atom is 0.157 e. The fourth-order valence-electron chi connectivity index (χ4n) is 2.91. The Hall–Kier alpha value is -2.74. The molecule has 0 radical (unpaired) electrons. The van der Waals surface area contributed by atoms with Gasteiger partial charge in [-0.05, 0) is 48.9 Å². The van der Waals surface area contributed by atoms with Crippen molar-refractivity contribution in [3.05, 3.63) is 69.7 Å². The molecule has 6 heteroatoms. The number of nitriles is 1. The Morgan fingerprint density at radius 2 is 1.88 bits per heavy atom. The summed E-state index contributed by atoms with van der Waals surface area (Å²) in [5.74, 6) is 0.804. The highest BCUT2D eigenvalue weighted by Crippen LogP contribution is 2.30. The van der Waals surface area contributed by atoms with E-state index < -0.39 is 0 Å². The monoisotopic (exact) mass is 366 g/mol. The minimum absolute atomic E-state index is 0.476. The smallest absolute Gasteiger partial charge is 0.157 e. The quantitative estimate of drug-likeness (QED) is 0.493. The maximum absolute atomic E-state index is 9.53. The van der Waals surface area contributed by atoms with Gasteiger partial charge >= 0.3 is 0 Å². The summed E-state index contributed by atoms with van der Waals surface area (Å²) in [6, 6.07) is 17.3. The van der Waals surface area contributed by atoms with Crippen molar-refractivity contribution in [2.75, 3.05) is 5.32 Å². The zero-order chi connectivity index (χ0) is 17.6. The summed E-state index contributed by atoms with van der Waals surface area (Å²) in [4.78, 5) is 4.63. The Bertz CT molecular complexity index is 1170. The first-order valence-electron chi connectivity index (χ1n) is 7.61. The van der Waals surface area contributed by atoms with Crippen LogP contribution >= 0.6 is 23.2 Å². The summed E-state index contributed by atoms with van der Waals surface area (Å²) in [5, 5.41) is 13.9. The van der Waals surface area contributed by atoms with Crippen molar-refractivity contribution >= 4 is 51.4 Å². The van der Waals surface area contributed by atoms with Gasteiger partial charge in [-0.2, -0.15) is 5.26 Å². The summed E-state index contributed by atoms with van der Waals surface area (Å²) < 4.78 is 1.95. The molecule has 0 atom stereocenters. The van der Waals surface area contributed by atoms with Gasteiger partial charge in [0.2, 0.25) is 0 Å². The van der Waals surface area contributed by atoms with E-state index in [0.717, 1.165) is 28.1 Å². The number of anilines is 2. The van der Waals surface area contributed by atoms with Gasteiger partial charge in [0, 0.05) is 5.69 Å². The van der Waals surface area contributed by atoms with E-state index in [-0.39, 0.29) is 0 Å². The van der Waals surface area contributed by atoms with Gasteiger partial charge in [0.1, 0.15) is 11.9 Å². The van der Waals surface area contributed by atoms with Gasteiger partial charge in [-0.25, -0.2) is 4.98 Å². The number of benzene rings is 2. The largest absolute Gasteiger partial charge is 0.341 e. The predicted octanol–water partition coefficient (Wildman–Crippen LogP) is 5.72. The van der Waals surface area contributed by atoms with Crippen LogP contribution in [0.2, 0.25) is 10.0 Å². The SMILES string of the molecule is Cc1cc(Nc2ccc(Cl)c(Cl)c2)n2c(nc3ccccc32)c1C#N. The van der Waals surface area contributed by atoms with E-state index >= 15 is 0 Å². The molecule has 122 valence electrons. The van der Waals surface area contributed by atoms with Gasteiger partial charge in [-0.1, -0.05) is 35.3 Å². The number of pyridine rings is 1. The van der Waals surface area contributed by atoms with Gasteiger partial charge in [0.15, 0.2) is 5.65 Å². The second-order valence-corrected chi connectivity index (χ2v) is 6.53. The van der Waals surface area contributed by atoms with Crippen LogP contribution in [0, 0.1) is 18.3 Å². The number of aryl methyl sites for hydroxylation is 1. The number of imidazole rings is 1. The van der Waals surface area contributed by atoms with Crippen LogP contribution < -0.4 is 5.32 Å². The van der Waals surface area contributed by atoms with E-state index in [0.29, 0.717) is 21.3 Å². The molecule has 0 fully saturated rings. The van der Waals surface area contributed by atoms with Crippen molar-refractivity contribution in [3.8, 4) is 6.07 Å². The Kier molecular flexibility index (Phi) is 3.76. The van der Waals surface area contributed by atoms with E-state index in [2.05, 4.69) is 16.4 Å². The minimum atomic E-state index is 0.476. The Morgan fingerprint density at radius 3 is 2.64 bits per heavy atom. The Morgan fingerprint density at radius 1 is 1.08 bits per heavy atom. The summed E-state index contributed by atoms with van der Waals surface area (Å²) in [6.07, 6.45) is 0. The van der Waals surface area contributed by atoms with Gasteiger partial charge in [-0.3, -0.25) is 4.40 Å². The topological polar surface area (TPSA) is 53.1 Å². The molecular weight excluding hydrogens is 355 g/mol. The number of rotatable bonds is 2. The van der Waals surface area contributed by atoms with Crippen molar-refractivity contribution in [2.45, 2.75) is 6.92 Å². The third-order valence-electron chi connectivity index (χ3n) is 4.08. The first-order valence-corrected chi connectivity index (χ1v) is 8.37. The first kappa shape index (κ1) is 15.8. The third kappa shape index (κ3) is 2.58. The second-order valence-electron chi connectivity index (χ2n) is 5.71. The van der Waals surface area contributed by atoms with Crippen LogP contribution in [-0.2, 0) is 0 Å². The molecule has 0 spiro atoms. The van der Waals surface area contributed by atoms with Gasteiger partial charge in [0.05, 0.1) is 26.6 Å². The Labute approximate surface area is 154 Å². The fourth-order valence-corrected chi connectivity index (χ4v) is 3.21. The summed E-state index contributed by atoms with van der Waals surface area (Å²) >= 11 is 12.1. The lowest BCUT2D eigenvalue weighted by Crippen LogP contribution is -2.02. The lowest BCUT2D eigenvalue weighted by atomic mass is 10.1. The highest BCUT2D eigenvalue weighted by Gasteiger charge is 2.15. The molecule has 25 heavy (non-hydrogen) atoms. The van der Waals surface area contributed by atoms with Crippen molar-refractivity contribution in [1.82, 2.24) is 9.38 Å². The zero-order valence-corrected chi connectivity index (χ0v) is 14.7. The van der Waals surface area contributed by atoms with Gasteiger partial charge in [0.25, 0.3) is 0 Å². The van der Waals surface area contributed by atoms with Crippen molar-refractivity contribution in [3.63, 3.8) is 0 Å². The van der Waals surface area contributed by atoms with Crippen LogP contribution in [0.5, 0.6) is 0 Å². The molecule has 4 aromatic rings. The molecule has 2 heterocycles. The van der Waals surface area contributed by atoms with Crippen molar-refractivity contribution < 1.29 is 0 Å². The molecule has 0 aliphatic heterocycles. The highest BCUT2D eigenvalue weighted by molar-refractivity contribution is 6.42. The average Bonchev–Trinajstić information content (AvgIpc) is 2.98. The van der Waals surface area contributed by atoms with Crippen LogP contribution in [0.1, 0.15) is 11.1 Å². The van der Waals surface area contributed by atoms with Gasteiger partial charge < -0.3 is 5.32 Å². The molecule has 2 aromatic heterocycles. The predicted molar refractivity (Wildman–Crippen MR) is 102 cm³/mol. The number of para-hydroxylation sites is 2. The summed E-state index contributed by atoms with van der Waals surface area (Å²) in [6.45, 7) is 1.90. The van der Waals surface area contributed by atoms with Crippen LogP contribution in [0.3, 0.4) is 0 Å². The van der Waals surface area contributed by atoms with Crippen molar-refractivity contribution in [1.29, 1.82) is 5.26 Å². The number of fused-ring (bicyclic) bond motifs is 3. The van der Waals surface area contributed by atoms with Crippen LogP contribution in [0.15, 0.2) is 48.5 Å². The number of nitrogens with one attached hydrogen (secondary N) is 1. The molecule has 0 bridgehead atoms. The van der Waals surface area contributed by atoms with E-state index in [1.807, 2.05) is 47.7 Å². The van der Waals surface area contributed by atoms with E-state index in [1.165, 1.54) is 0 Å². The van der Waals surface area contributed by atoms with Crippen LogP contribution in [0.25, 0.3) is 16.7 Å². The minimum Gasteiger partial charge on any atom is -0.341 e. The van der Waals surface area contributed by atoms with Crippen LogP contribution in [0.4, 0.5) is 11.5 Å². The molecule has 0 aliphatic carbocycles. The molecule has 4 rings (SSSR count). The molecule has 0 aliphatic rings. The highest BCUT2D eigenvalue weighted by atomic mass is 35.5. The number of hydrogen-bond acceptors (Lipinski definition) is 3. The molecule has 2 aromatic carbocycles. The van der Waals surface area contributed by atoms with E-state index in [9.17, 15) is 5.26 Å². The average molecular weight is 367 g/mol. The molecular formula is C19H12Cl2N4. The summed E-state index contributed by atoms with van der Waals surface area (Å²) in [7, 11) is 0. The van der Waals surface area contributed by atoms with Gasteiger partial charge in [-0.15, -0.1) is 0 Å². The maximum atomic E-state index is 9.53. The normalized spacial score (nSPS) is 11.0. The standard InChI is InChI=1S/C19H12Cl2N4/c1-11-8-18(23-12-6-7-14(20)15(21)9-12)25-17-5-3-2-4-16(17)24-19(25)13(11)10-22/h2-9,23H,1H3. The van der Waals surface area contributed by atoms with E-state index in [4.69, 9.17) is 23.2 Å². The molecule has 0 saturated carbocycles. The second kappa shape index (κ2) is 5.96. The molecule has 0 saturated heterocycles. The molecule has 1 N–H and O–H groups in total. The lowest BCUT2D eigenvalue weighted by molar-refractivity contribution is 1.19. The lowest BCUT2D eigenvalue weighted by Gasteiger charge is -2.13. The van der Waals surface area contributed by atoms with E-state index in [1.54, 1.807) is 12.1 Å². The molecule has 0 amide bonds. The third-order valence-corrected chi connectivity index (χ3v) is 4.82. The summed E-state index contributed by atoms with van der Waals surface area (Å²) in [5.41, 5.74) is 4.62. The fraction of sp³-hybridized carbons (Fsp3) is 0.0526. The number of nitrogens with zero attached hydrogens (tertiary/aromatic N) is 3. The Balaban J connectivity index is 2.00. The van der Waals surface area contributed by atoms with Crippen LogP contribution in [-0.4, -0.2) is 9.38 Å². The van der Waals surface area contributed by atoms with Crippen molar-refractivity contribution in [2.24, 2.45) is 0 Å².